The van der Waals surface area contributed by atoms with Gasteiger partial charge in [0.15, 0.2) is 0 Å². The predicted octanol–water partition coefficient (Wildman–Crippen LogP) is 5.59. The van der Waals surface area contributed by atoms with Crippen LogP contribution in [0.4, 0.5) is 11.4 Å². The summed E-state index contributed by atoms with van der Waals surface area (Å²) in [5, 5.41) is 11.2. The van der Waals surface area contributed by atoms with Crippen LogP contribution in [0.2, 0.25) is 0 Å². The van der Waals surface area contributed by atoms with E-state index in [1.165, 1.54) is 37.3 Å². The first kappa shape index (κ1) is 24.1. The number of hydrogen-bond acceptors (Lipinski definition) is 5. The Morgan fingerprint density at radius 2 is 1.61 bits per heavy atom. The van der Waals surface area contributed by atoms with E-state index in [1.54, 1.807) is 24.3 Å². The zero-order chi connectivity index (χ0) is 24.2. The maximum Gasteiger partial charge on any atom is 0.272 e. The zero-order valence-electron chi connectivity index (χ0n) is 18.8. The fourth-order valence-electron chi connectivity index (χ4n) is 3.47. The van der Waals surface area contributed by atoms with E-state index in [2.05, 4.69) is 6.92 Å². The van der Waals surface area contributed by atoms with E-state index < -0.39 is 20.9 Å². The highest BCUT2D eigenvalue weighted by Gasteiger charge is 2.32. The first-order valence-corrected chi connectivity index (χ1v) is 12.1. The van der Waals surface area contributed by atoms with Gasteiger partial charge in [0.1, 0.15) is 0 Å². The molecule has 0 aliphatic rings. The molecule has 0 N–H and O–H groups in total. The number of rotatable bonds is 8. The number of carbonyl (C=O) groups excluding carboxylic acids is 1. The summed E-state index contributed by atoms with van der Waals surface area (Å²) in [5.74, 6) is -0.783. The second kappa shape index (κ2) is 9.95. The summed E-state index contributed by atoms with van der Waals surface area (Å²) in [6.45, 7) is 5.44. The summed E-state index contributed by atoms with van der Waals surface area (Å²) >= 11 is 0. The second-order valence-corrected chi connectivity index (χ2v) is 9.70. The molecule has 0 saturated heterocycles. The third-order valence-corrected chi connectivity index (χ3v) is 7.10. The molecule has 172 valence electrons. The van der Waals surface area contributed by atoms with E-state index in [0.29, 0.717) is 0 Å². The summed E-state index contributed by atoms with van der Waals surface area (Å²) in [6, 6.07) is 17.0. The summed E-state index contributed by atoms with van der Waals surface area (Å²) in [7, 11) is -4.24. The molecule has 33 heavy (non-hydrogen) atoms. The van der Waals surface area contributed by atoms with Gasteiger partial charge < -0.3 is 0 Å². The number of nitro groups is 1. The molecular weight excluding hydrogens is 440 g/mol. The van der Waals surface area contributed by atoms with Gasteiger partial charge >= 0.3 is 0 Å². The highest BCUT2D eigenvalue weighted by atomic mass is 32.2. The Morgan fingerprint density at radius 3 is 2.15 bits per heavy atom. The van der Waals surface area contributed by atoms with Crippen LogP contribution in [-0.2, 0) is 16.4 Å². The van der Waals surface area contributed by atoms with E-state index >= 15 is 0 Å². The van der Waals surface area contributed by atoms with Crippen molar-refractivity contribution >= 4 is 27.3 Å². The molecule has 0 aliphatic heterocycles. The molecule has 3 aromatic rings. The van der Waals surface area contributed by atoms with Gasteiger partial charge in [0, 0.05) is 17.2 Å². The van der Waals surface area contributed by atoms with Crippen molar-refractivity contribution in [3.05, 3.63) is 99.1 Å². The van der Waals surface area contributed by atoms with E-state index in [-0.39, 0.29) is 27.4 Å². The topological polar surface area (TPSA) is 97.6 Å². The van der Waals surface area contributed by atoms with E-state index in [4.69, 9.17) is 0 Å². The summed E-state index contributed by atoms with van der Waals surface area (Å²) in [5.41, 5.74) is 2.32. The summed E-state index contributed by atoms with van der Waals surface area (Å²) < 4.78 is 27.9. The molecule has 0 spiro atoms. The lowest BCUT2D eigenvalue weighted by molar-refractivity contribution is -0.385. The number of aryl methyl sites for hydroxylation is 3. The SMILES string of the molecule is CCCCc1ccc(N(C(=O)c2ccc([N+](=O)[O-])c(C)c2)S(=O)(=O)c2ccc(C)cc2)cc1. The summed E-state index contributed by atoms with van der Waals surface area (Å²) in [4.78, 5) is 24.1. The average Bonchev–Trinajstić information content (AvgIpc) is 2.78. The first-order valence-electron chi connectivity index (χ1n) is 10.7. The Kier molecular flexibility index (Phi) is 7.28. The molecule has 0 heterocycles. The molecule has 0 aliphatic carbocycles. The van der Waals surface area contributed by atoms with E-state index in [9.17, 15) is 23.3 Å². The molecule has 1 amide bonds. The number of nitrogens with zero attached hydrogens (tertiary/aromatic N) is 2. The van der Waals surface area contributed by atoms with Crippen LogP contribution < -0.4 is 4.31 Å². The Morgan fingerprint density at radius 1 is 0.970 bits per heavy atom. The number of nitro benzene ring substituents is 1. The standard InChI is InChI=1S/C25H26N2O5S/c1-4-5-6-20-9-12-22(13-10-20)26(33(31,32)23-14-7-18(2)8-15-23)25(28)21-11-16-24(27(29)30)19(3)17-21/h7-17H,4-6H2,1-3H3. The summed E-state index contributed by atoms with van der Waals surface area (Å²) in [6.07, 6.45) is 2.90. The highest BCUT2D eigenvalue weighted by Crippen LogP contribution is 2.28. The first-order chi connectivity index (χ1) is 15.6. The number of sulfonamides is 1. The Balaban J connectivity index is 2.10. The molecule has 8 heteroatoms. The molecule has 0 aromatic heterocycles. The van der Waals surface area contributed by atoms with Crippen molar-refractivity contribution in [1.82, 2.24) is 0 Å². The maximum absolute atomic E-state index is 13.6. The third kappa shape index (κ3) is 5.28. The number of benzene rings is 3. The van der Waals surface area contributed by atoms with Crippen LogP contribution in [-0.4, -0.2) is 19.2 Å². The third-order valence-electron chi connectivity index (χ3n) is 5.37. The van der Waals surface area contributed by atoms with Gasteiger partial charge in [-0.25, -0.2) is 8.42 Å². The van der Waals surface area contributed by atoms with Crippen molar-refractivity contribution in [2.45, 2.75) is 44.9 Å². The van der Waals surface area contributed by atoms with Gasteiger partial charge in [0.25, 0.3) is 21.6 Å². The Hall–Kier alpha value is -3.52. The normalized spacial score (nSPS) is 11.2. The van der Waals surface area contributed by atoms with Gasteiger partial charge in [-0.3, -0.25) is 14.9 Å². The van der Waals surface area contributed by atoms with Crippen LogP contribution in [0.3, 0.4) is 0 Å². The number of hydrogen-bond donors (Lipinski definition) is 0. The maximum atomic E-state index is 13.6. The molecule has 0 bridgehead atoms. The van der Waals surface area contributed by atoms with Gasteiger partial charge in [-0.1, -0.05) is 43.2 Å². The number of carbonyl (C=O) groups is 1. The van der Waals surface area contributed by atoms with Crippen molar-refractivity contribution in [2.75, 3.05) is 4.31 Å². The lowest BCUT2D eigenvalue weighted by Crippen LogP contribution is -2.37. The van der Waals surface area contributed by atoms with Gasteiger partial charge in [-0.2, -0.15) is 4.31 Å². The van der Waals surface area contributed by atoms with E-state index in [1.807, 2.05) is 19.1 Å². The van der Waals surface area contributed by atoms with Gasteiger partial charge in [0.05, 0.1) is 15.5 Å². The van der Waals surface area contributed by atoms with Crippen LogP contribution in [0.25, 0.3) is 0 Å². The fourth-order valence-corrected chi connectivity index (χ4v) is 4.88. The monoisotopic (exact) mass is 466 g/mol. The van der Waals surface area contributed by atoms with Crippen molar-refractivity contribution < 1.29 is 18.1 Å². The fraction of sp³-hybridized carbons (Fsp3) is 0.240. The van der Waals surface area contributed by atoms with Gasteiger partial charge in [0.2, 0.25) is 0 Å². The molecular formula is C25H26N2O5S. The van der Waals surface area contributed by atoms with Crippen molar-refractivity contribution in [2.24, 2.45) is 0 Å². The molecule has 3 rings (SSSR count). The van der Waals surface area contributed by atoms with Gasteiger partial charge in [-0.05, 0) is 68.7 Å². The second-order valence-electron chi connectivity index (χ2n) is 7.92. The Bertz CT molecular complexity index is 1270. The molecule has 7 nitrogen and oxygen atoms in total. The molecule has 0 radical (unpaired) electrons. The minimum Gasteiger partial charge on any atom is -0.268 e. The van der Waals surface area contributed by atoms with Crippen molar-refractivity contribution in [3.8, 4) is 0 Å². The zero-order valence-corrected chi connectivity index (χ0v) is 19.6. The van der Waals surface area contributed by atoms with E-state index in [0.717, 1.165) is 34.7 Å². The number of anilines is 1. The molecule has 0 atom stereocenters. The lowest BCUT2D eigenvalue weighted by atomic mass is 10.1. The lowest BCUT2D eigenvalue weighted by Gasteiger charge is -2.23. The van der Waals surface area contributed by atoms with Gasteiger partial charge in [-0.15, -0.1) is 0 Å². The minimum absolute atomic E-state index is 0.0184. The van der Waals surface area contributed by atoms with Crippen LogP contribution in [0.5, 0.6) is 0 Å². The minimum atomic E-state index is -4.24. The number of amides is 1. The molecule has 0 fully saturated rings. The van der Waals surface area contributed by atoms with Crippen LogP contribution in [0.15, 0.2) is 71.6 Å². The number of unbranched alkanes of at least 4 members (excludes halogenated alkanes) is 1. The Labute approximate surface area is 193 Å². The largest absolute Gasteiger partial charge is 0.272 e. The van der Waals surface area contributed by atoms with Crippen LogP contribution in [0, 0.1) is 24.0 Å². The quantitative estimate of drug-likeness (QED) is 0.318. The predicted molar refractivity (Wildman–Crippen MR) is 128 cm³/mol. The molecule has 0 unspecified atom stereocenters. The highest BCUT2D eigenvalue weighted by molar-refractivity contribution is 7.93. The smallest absolute Gasteiger partial charge is 0.268 e. The molecule has 0 saturated carbocycles. The van der Waals surface area contributed by atoms with Crippen molar-refractivity contribution in [1.29, 1.82) is 0 Å². The van der Waals surface area contributed by atoms with Crippen LogP contribution >= 0.6 is 0 Å². The van der Waals surface area contributed by atoms with Crippen LogP contribution in [0.1, 0.15) is 46.8 Å². The van der Waals surface area contributed by atoms with Crippen molar-refractivity contribution in [3.63, 3.8) is 0 Å². The molecule has 3 aromatic carbocycles. The average molecular weight is 467 g/mol.